The lowest BCUT2D eigenvalue weighted by Crippen LogP contribution is -2.50. The van der Waals surface area contributed by atoms with Crippen molar-refractivity contribution in [1.82, 2.24) is 9.80 Å². The maximum Gasteiger partial charge on any atom is 0.256 e. The van der Waals surface area contributed by atoms with E-state index >= 15 is 0 Å². The Labute approximate surface area is 224 Å². The highest BCUT2D eigenvalue weighted by molar-refractivity contribution is 6.07. The fraction of sp³-hybridized carbons (Fsp3) is 0.152. The van der Waals surface area contributed by atoms with Gasteiger partial charge in [0.1, 0.15) is 0 Å². The fourth-order valence-electron chi connectivity index (χ4n) is 4.93. The van der Waals surface area contributed by atoms with Crippen molar-refractivity contribution in [2.45, 2.75) is 6.04 Å². The Kier molecular flexibility index (Phi) is 8.07. The quantitative estimate of drug-likeness (QED) is 0.322. The molecule has 4 aromatic rings. The minimum absolute atomic E-state index is 0.0661. The molecule has 1 N–H and O–H groups in total. The standard InChI is InChI=1S/C33H31N3O2/c37-31(21-20-26-12-4-1-5-13-26)34-30-19-11-10-18-29(30)33(38)36-24-22-35(23-25-36)32(27-14-6-2-7-15-27)28-16-8-3-9-17-28/h1-21,32H,22-25H2,(H,34,37)/b21-20+. The van der Waals surface area contributed by atoms with Crippen molar-refractivity contribution in [3.8, 4) is 0 Å². The van der Waals surface area contributed by atoms with Gasteiger partial charge in [-0.15, -0.1) is 0 Å². The second kappa shape index (κ2) is 12.2. The third-order valence-electron chi connectivity index (χ3n) is 6.84. The van der Waals surface area contributed by atoms with Crippen molar-refractivity contribution in [3.63, 3.8) is 0 Å². The number of nitrogens with one attached hydrogen (secondary N) is 1. The molecule has 38 heavy (non-hydrogen) atoms. The summed E-state index contributed by atoms with van der Waals surface area (Å²) < 4.78 is 0. The van der Waals surface area contributed by atoms with Crippen molar-refractivity contribution in [2.75, 3.05) is 31.5 Å². The molecule has 1 heterocycles. The molecule has 0 saturated carbocycles. The topological polar surface area (TPSA) is 52.7 Å². The van der Waals surface area contributed by atoms with E-state index in [9.17, 15) is 9.59 Å². The van der Waals surface area contributed by atoms with Crippen LogP contribution in [-0.2, 0) is 4.79 Å². The van der Waals surface area contributed by atoms with Gasteiger partial charge in [0.05, 0.1) is 17.3 Å². The lowest BCUT2D eigenvalue weighted by Gasteiger charge is -2.40. The maximum atomic E-state index is 13.5. The van der Waals surface area contributed by atoms with Gasteiger partial charge >= 0.3 is 0 Å². The zero-order chi connectivity index (χ0) is 26.2. The van der Waals surface area contributed by atoms with E-state index in [4.69, 9.17) is 0 Å². The highest BCUT2D eigenvalue weighted by atomic mass is 16.2. The van der Waals surface area contributed by atoms with Crippen LogP contribution in [0.25, 0.3) is 6.08 Å². The van der Waals surface area contributed by atoms with Crippen molar-refractivity contribution < 1.29 is 9.59 Å². The molecule has 5 rings (SSSR count). The number of para-hydroxylation sites is 1. The molecule has 2 amide bonds. The Morgan fingerprint density at radius 2 is 1.18 bits per heavy atom. The summed E-state index contributed by atoms with van der Waals surface area (Å²) in [7, 11) is 0. The van der Waals surface area contributed by atoms with Crippen molar-refractivity contribution >= 4 is 23.6 Å². The number of nitrogens with zero attached hydrogens (tertiary/aromatic N) is 2. The Morgan fingerprint density at radius 3 is 1.79 bits per heavy atom. The summed E-state index contributed by atoms with van der Waals surface area (Å²) in [5.74, 6) is -0.337. The average Bonchev–Trinajstić information content (AvgIpc) is 2.98. The fourth-order valence-corrected chi connectivity index (χ4v) is 4.93. The third-order valence-corrected chi connectivity index (χ3v) is 6.84. The second-order valence-electron chi connectivity index (χ2n) is 9.33. The van der Waals surface area contributed by atoms with Crippen LogP contribution in [0.15, 0.2) is 121 Å². The largest absolute Gasteiger partial charge is 0.336 e. The summed E-state index contributed by atoms with van der Waals surface area (Å²) in [5, 5.41) is 2.89. The average molecular weight is 502 g/mol. The van der Waals surface area contributed by atoms with Crippen molar-refractivity contribution in [1.29, 1.82) is 0 Å². The first-order valence-corrected chi connectivity index (χ1v) is 13.0. The van der Waals surface area contributed by atoms with Crippen LogP contribution in [-0.4, -0.2) is 47.8 Å². The van der Waals surface area contributed by atoms with Gasteiger partial charge in [0.2, 0.25) is 5.91 Å². The Hall–Kier alpha value is -4.48. The monoisotopic (exact) mass is 501 g/mol. The molecule has 0 atom stereocenters. The van der Waals surface area contributed by atoms with Crippen molar-refractivity contribution in [3.05, 3.63) is 144 Å². The van der Waals surface area contributed by atoms with Gasteiger partial charge < -0.3 is 10.2 Å². The summed E-state index contributed by atoms with van der Waals surface area (Å²) in [6.07, 6.45) is 3.25. The van der Waals surface area contributed by atoms with E-state index in [0.29, 0.717) is 24.3 Å². The summed E-state index contributed by atoms with van der Waals surface area (Å²) in [6.45, 7) is 2.75. The second-order valence-corrected chi connectivity index (χ2v) is 9.33. The van der Waals surface area contributed by atoms with Crippen LogP contribution < -0.4 is 5.32 Å². The molecule has 1 aliphatic rings. The molecular weight excluding hydrogens is 470 g/mol. The Balaban J connectivity index is 1.27. The van der Waals surface area contributed by atoms with Gasteiger partial charge in [-0.05, 0) is 34.9 Å². The zero-order valence-electron chi connectivity index (χ0n) is 21.2. The summed E-state index contributed by atoms with van der Waals surface area (Å²) in [4.78, 5) is 30.5. The Morgan fingerprint density at radius 1 is 0.658 bits per heavy atom. The van der Waals surface area contributed by atoms with Gasteiger partial charge in [0, 0.05) is 32.3 Å². The molecule has 0 bridgehead atoms. The van der Waals surface area contributed by atoms with E-state index in [0.717, 1.165) is 18.7 Å². The van der Waals surface area contributed by atoms with E-state index < -0.39 is 0 Å². The van der Waals surface area contributed by atoms with Crippen LogP contribution in [0.4, 0.5) is 5.69 Å². The Bertz CT molecular complexity index is 1340. The lowest BCUT2D eigenvalue weighted by molar-refractivity contribution is -0.111. The molecule has 0 unspecified atom stereocenters. The smallest absolute Gasteiger partial charge is 0.256 e. The van der Waals surface area contributed by atoms with E-state index in [2.05, 4.69) is 58.7 Å². The van der Waals surface area contributed by atoms with Crippen LogP contribution in [0.3, 0.4) is 0 Å². The summed E-state index contributed by atoms with van der Waals surface area (Å²) >= 11 is 0. The maximum absolute atomic E-state index is 13.5. The molecule has 5 nitrogen and oxygen atoms in total. The van der Waals surface area contributed by atoms with Gasteiger partial charge in [-0.25, -0.2) is 0 Å². The number of benzene rings is 4. The number of amides is 2. The molecule has 190 valence electrons. The summed E-state index contributed by atoms with van der Waals surface area (Å²) in [6, 6.07) is 38.0. The van der Waals surface area contributed by atoms with Gasteiger partial charge in [-0.1, -0.05) is 103 Å². The zero-order valence-corrected chi connectivity index (χ0v) is 21.2. The molecule has 4 aromatic carbocycles. The van der Waals surface area contributed by atoms with Gasteiger partial charge in [0.15, 0.2) is 0 Å². The predicted molar refractivity (Wildman–Crippen MR) is 153 cm³/mol. The van der Waals surface area contributed by atoms with E-state index in [1.807, 2.05) is 59.5 Å². The first-order valence-electron chi connectivity index (χ1n) is 13.0. The first kappa shape index (κ1) is 25.2. The molecular formula is C33H31N3O2. The molecule has 0 spiro atoms. The minimum Gasteiger partial charge on any atom is -0.336 e. The van der Waals surface area contributed by atoms with Crippen LogP contribution in [0, 0.1) is 0 Å². The highest BCUT2D eigenvalue weighted by Gasteiger charge is 2.29. The van der Waals surface area contributed by atoms with Crippen LogP contribution in [0.1, 0.15) is 33.1 Å². The number of anilines is 1. The number of piperazine rings is 1. The number of hydrogen-bond donors (Lipinski definition) is 1. The molecule has 1 saturated heterocycles. The van der Waals surface area contributed by atoms with E-state index in [1.54, 1.807) is 18.2 Å². The van der Waals surface area contributed by atoms with Gasteiger partial charge in [-0.3, -0.25) is 14.5 Å². The summed E-state index contributed by atoms with van der Waals surface area (Å²) in [5.41, 5.74) is 4.46. The third kappa shape index (κ3) is 6.07. The minimum atomic E-state index is -0.271. The number of carbonyl (C=O) groups excluding carboxylic acids is 2. The number of carbonyl (C=O) groups is 2. The SMILES string of the molecule is O=C(/C=C/c1ccccc1)Nc1ccccc1C(=O)N1CCN(C(c2ccccc2)c2ccccc2)CC1. The first-order chi connectivity index (χ1) is 18.7. The van der Waals surface area contributed by atoms with E-state index in [-0.39, 0.29) is 17.9 Å². The normalized spacial score (nSPS) is 14.1. The van der Waals surface area contributed by atoms with Crippen LogP contribution >= 0.6 is 0 Å². The van der Waals surface area contributed by atoms with Gasteiger partial charge in [0.25, 0.3) is 5.91 Å². The molecule has 0 radical (unpaired) electrons. The van der Waals surface area contributed by atoms with Crippen molar-refractivity contribution in [2.24, 2.45) is 0 Å². The molecule has 0 aromatic heterocycles. The highest BCUT2D eigenvalue weighted by Crippen LogP contribution is 2.30. The van der Waals surface area contributed by atoms with Crippen LogP contribution in [0.5, 0.6) is 0 Å². The van der Waals surface area contributed by atoms with E-state index in [1.165, 1.54) is 17.2 Å². The lowest BCUT2D eigenvalue weighted by atomic mass is 9.96. The molecule has 1 fully saturated rings. The van der Waals surface area contributed by atoms with Gasteiger partial charge in [-0.2, -0.15) is 0 Å². The molecule has 5 heteroatoms. The molecule has 0 aliphatic carbocycles. The predicted octanol–water partition coefficient (Wildman–Crippen LogP) is 5.89. The number of hydrogen-bond acceptors (Lipinski definition) is 3. The molecule has 1 aliphatic heterocycles. The number of rotatable bonds is 7. The van der Waals surface area contributed by atoms with Crippen LogP contribution in [0.2, 0.25) is 0 Å².